The number of hydrogen-bond donors (Lipinski definition) is 2. The van der Waals surface area contributed by atoms with E-state index in [9.17, 15) is 0 Å². The summed E-state index contributed by atoms with van der Waals surface area (Å²) in [6.07, 6.45) is 2.57. The molecule has 1 aliphatic rings. The predicted molar refractivity (Wildman–Crippen MR) is 137 cm³/mol. The van der Waals surface area contributed by atoms with Crippen LogP contribution in [0.1, 0.15) is 55.1 Å². The van der Waals surface area contributed by atoms with Gasteiger partial charge in [-0.05, 0) is 49.6 Å². The molecule has 1 unspecified atom stereocenters. The summed E-state index contributed by atoms with van der Waals surface area (Å²) in [6.45, 7) is 12.4. The molecule has 0 radical (unpaired) electrons. The number of nitrogens with zero attached hydrogens (tertiary/aromatic N) is 3. The Bertz CT molecular complexity index is 729. The maximum absolute atomic E-state index is 4.75. The molecule has 0 bridgehead atoms. The topological polar surface area (TPSA) is 52.6 Å². The predicted octanol–water partition coefficient (Wildman–Crippen LogP) is 4.91. The lowest BCUT2D eigenvalue weighted by Crippen LogP contribution is -2.44. The van der Waals surface area contributed by atoms with Gasteiger partial charge in [-0.25, -0.2) is 9.98 Å². The molecule has 3 heterocycles. The molecule has 2 aromatic heterocycles. The van der Waals surface area contributed by atoms with Crippen LogP contribution in [0.5, 0.6) is 0 Å². The van der Waals surface area contributed by atoms with Crippen LogP contribution in [0.25, 0.3) is 0 Å². The van der Waals surface area contributed by atoms with Gasteiger partial charge in [0.25, 0.3) is 0 Å². The molecule has 1 aliphatic heterocycles. The minimum atomic E-state index is 0. The Morgan fingerprint density at radius 1 is 1.34 bits per heavy atom. The summed E-state index contributed by atoms with van der Waals surface area (Å²) in [7, 11) is 0. The van der Waals surface area contributed by atoms with Gasteiger partial charge in [-0.3, -0.25) is 4.90 Å². The van der Waals surface area contributed by atoms with E-state index >= 15 is 0 Å². The maximum atomic E-state index is 4.75. The second-order valence-electron chi connectivity index (χ2n) is 7.72. The van der Waals surface area contributed by atoms with Gasteiger partial charge in [-0.15, -0.1) is 46.7 Å². The van der Waals surface area contributed by atoms with Gasteiger partial charge in [0.15, 0.2) is 5.96 Å². The minimum Gasteiger partial charge on any atom is -0.357 e. The Hall–Kier alpha value is -0.710. The second kappa shape index (κ2) is 12.9. The lowest BCUT2D eigenvalue weighted by Gasteiger charge is -2.32. The molecule has 2 N–H and O–H groups in total. The third-order valence-corrected chi connectivity index (χ3v) is 6.71. The van der Waals surface area contributed by atoms with E-state index in [0.717, 1.165) is 37.1 Å². The van der Waals surface area contributed by atoms with E-state index in [-0.39, 0.29) is 24.0 Å². The molecule has 0 saturated carbocycles. The zero-order valence-corrected chi connectivity index (χ0v) is 21.7. The van der Waals surface area contributed by atoms with Gasteiger partial charge >= 0.3 is 0 Å². The van der Waals surface area contributed by atoms with Crippen molar-refractivity contribution in [3.63, 3.8) is 0 Å². The van der Waals surface area contributed by atoms with Crippen LogP contribution in [0.2, 0.25) is 0 Å². The first kappa shape index (κ1) is 24.6. The molecule has 0 aliphatic carbocycles. The van der Waals surface area contributed by atoms with E-state index in [4.69, 9.17) is 4.99 Å². The SMILES string of the molecule is CCNC(=NCc1nc(C(C)C)cs1)NCC1CCCN(Cc2cccs2)C1.I. The first-order valence-corrected chi connectivity index (χ1v) is 12.1. The third kappa shape index (κ3) is 8.15. The van der Waals surface area contributed by atoms with E-state index < -0.39 is 0 Å². The summed E-state index contributed by atoms with van der Waals surface area (Å²) in [6, 6.07) is 4.39. The zero-order chi connectivity index (χ0) is 19.8. The van der Waals surface area contributed by atoms with E-state index in [2.05, 4.69) is 64.2 Å². The van der Waals surface area contributed by atoms with Crippen molar-refractivity contribution >= 4 is 52.6 Å². The van der Waals surface area contributed by atoms with Crippen LogP contribution in [0.15, 0.2) is 27.9 Å². The number of guanidine groups is 1. The highest BCUT2D eigenvalue weighted by atomic mass is 127. The van der Waals surface area contributed by atoms with Crippen molar-refractivity contribution in [1.29, 1.82) is 0 Å². The first-order chi connectivity index (χ1) is 13.6. The number of piperidine rings is 1. The smallest absolute Gasteiger partial charge is 0.191 e. The normalized spacial score (nSPS) is 17.9. The van der Waals surface area contributed by atoms with Crippen LogP contribution in [0, 0.1) is 5.92 Å². The van der Waals surface area contributed by atoms with Crippen molar-refractivity contribution < 1.29 is 0 Å². The van der Waals surface area contributed by atoms with Gasteiger partial charge in [0.2, 0.25) is 0 Å². The number of halogens is 1. The third-order valence-electron chi connectivity index (χ3n) is 5.00. The Morgan fingerprint density at radius 2 is 2.21 bits per heavy atom. The van der Waals surface area contributed by atoms with Gasteiger partial charge in [0, 0.05) is 36.4 Å². The molecule has 1 atom stereocenters. The van der Waals surface area contributed by atoms with Crippen molar-refractivity contribution in [1.82, 2.24) is 20.5 Å². The van der Waals surface area contributed by atoms with Gasteiger partial charge < -0.3 is 10.6 Å². The number of nitrogens with one attached hydrogen (secondary N) is 2. The molecule has 0 spiro atoms. The number of rotatable bonds is 8. The van der Waals surface area contributed by atoms with Gasteiger partial charge in [-0.2, -0.15) is 0 Å². The van der Waals surface area contributed by atoms with Crippen molar-refractivity contribution in [2.75, 3.05) is 26.2 Å². The Morgan fingerprint density at radius 3 is 2.90 bits per heavy atom. The highest BCUT2D eigenvalue weighted by Crippen LogP contribution is 2.20. The summed E-state index contributed by atoms with van der Waals surface area (Å²) < 4.78 is 0. The van der Waals surface area contributed by atoms with Gasteiger partial charge in [0.1, 0.15) is 5.01 Å². The highest BCUT2D eigenvalue weighted by molar-refractivity contribution is 14.0. The van der Waals surface area contributed by atoms with E-state index in [0.29, 0.717) is 18.4 Å². The number of thiophene rings is 1. The number of aromatic nitrogens is 1. The van der Waals surface area contributed by atoms with E-state index in [1.807, 2.05) is 11.3 Å². The molecular formula is C21H34IN5S2. The first-order valence-electron chi connectivity index (χ1n) is 10.3. The Balaban J connectivity index is 0.00000300. The van der Waals surface area contributed by atoms with E-state index in [1.54, 1.807) is 11.3 Å². The fraction of sp³-hybridized carbons (Fsp3) is 0.619. The molecule has 3 rings (SSSR count). The van der Waals surface area contributed by atoms with Crippen LogP contribution in [-0.4, -0.2) is 42.0 Å². The van der Waals surface area contributed by atoms with E-state index in [1.165, 1.54) is 30.0 Å². The molecule has 1 fully saturated rings. The standard InChI is InChI=1S/C21H33N5S2.HI/c1-4-22-21(24-12-20-25-19(15-28-20)16(2)3)23-11-17-7-5-9-26(13-17)14-18-8-6-10-27-18;/h6,8,10,15-17H,4-5,7,9,11-14H2,1-3H3,(H2,22,23,24);1H. The zero-order valence-electron chi connectivity index (χ0n) is 17.7. The summed E-state index contributed by atoms with van der Waals surface area (Å²) in [4.78, 5) is 13.5. The average molecular weight is 548 g/mol. The summed E-state index contributed by atoms with van der Waals surface area (Å²) in [5.74, 6) is 2.05. The molecule has 162 valence electrons. The fourth-order valence-electron chi connectivity index (χ4n) is 3.48. The highest BCUT2D eigenvalue weighted by Gasteiger charge is 2.20. The summed E-state index contributed by atoms with van der Waals surface area (Å²) in [5, 5.41) is 12.3. The molecule has 8 heteroatoms. The monoisotopic (exact) mass is 547 g/mol. The molecule has 0 aromatic carbocycles. The fourth-order valence-corrected chi connectivity index (χ4v) is 5.10. The lowest BCUT2D eigenvalue weighted by molar-refractivity contribution is 0.169. The molecule has 5 nitrogen and oxygen atoms in total. The van der Waals surface area contributed by atoms with Crippen molar-refractivity contribution in [2.45, 2.75) is 52.6 Å². The minimum absolute atomic E-state index is 0. The summed E-state index contributed by atoms with van der Waals surface area (Å²) in [5.41, 5.74) is 1.17. The molecule has 29 heavy (non-hydrogen) atoms. The Labute approximate surface area is 200 Å². The lowest BCUT2D eigenvalue weighted by atomic mass is 9.98. The van der Waals surface area contributed by atoms with Crippen LogP contribution >= 0.6 is 46.7 Å². The molecular weight excluding hydrogens is 513 g/mol. The Kier molecular flexibility index (Phi) is 10.9. The van der Waals surface area contributed by atoms with Gasteiger partial charge in [0.05, 0.1) is 12.2 Å². The number of thiazole rings is 1. The summed E-state index contributed by atoms with van der Waals surface area (Å²) >= 11 is 3.57. The van der Waals surface area contributed by atoms with Crippen LogP contribution in [0.3, 0.4) is 0 Å². The van der Waals surface area contributed by atoms with Crippen LogP contribution in [0.4, 0.5) is 0 Å². The van der Waals surface area contributed by atoms with Crippen molar-refractivity contribution in [2.24, 2.45) is 10.9 Å². The largest absolute Gasteiger partial charge is 0.357 e. The second-order valence-corrected chi connectivity index (χ2v) is 9.69. The van der Waals surface area contributed by atoms with Crippen LogP contribution < -0.4 is 10.6 Å². The van der Waals surface area contributed by atoms with Crippen molar-refractivity contribution in [3.05, 3.63) is 38.5 Å². The van der Waals surface area contributed by atoms with Gasteiger partial charge in [-0.1, -0.05) is 19.9 Å². The molecule has 0 amide bonds. The van der Waals surface area contributed by atoms with Crippen LogP contribution in [-0.2, 0) is 13.1 Å². The number of hydrogen-bond acceptors (Lipinski definition) is 5. The average Bonchev–Trinajstić information content (AvgIpc) is 3.36. The quantitative estimate of drug-likeness (QED) is 0.280. The van der Waals surface area contributed by atoms with Crippen molar-refractivity contribution in [3.8, 4) is 0 Å². The maximum Gasteiger partial charge on any atom is 0.191 e. The molecule has 1 saturated heterocycles. The number of aliphatic imine (C=N–C) groups is 1. The molecule has 2 aromatic rings. The number of likely N-dealkylation sites (tertiary alicyclic amines) is 1.